The van der Waals surface area contributed by atoms with Gasteiger partial charge in [-0.2, -0.15) is 10.2 Å². The van der Waals surface area contributed by atoms with Crippen LogP contribution in [0.1, 0.15) is 21.7 Å². The number of nitrogens with one attached hydrogen (secondary N) is 2. The van der Waals surface area contributed by atoms with Crippen molar-refractivity contribution in [3.63, 3.8) is 0 Å². The van der Waals surface area contributed by atoms with Gasteiger partial charge in [0.05, 0.1) is 11.1 Å². The third kappa shape index (κ3) is 3.63. The van der Waals surface area contributed by atoms with Crippen molar-refractivity contribution in [3.05, 3.63) is 56.4 Å². The highest BCUT2D eigenvalue weighted by atomic mass is 35.5. The normalized spacial score (nSPS) is 10.8. The first-order valence-electron chi connectivity index (χ1n) is 5.76. The number of nitrogens with zero attached hydrogens (tertiary/aromatic N) is 3. The van der Waals surface area contributed by atoms with E-state index in [0.29, 0.717) is 5.56 Å². The van der Waals surface area contributed by atoms with Gasteiger partial charge in [-0.1, -0.05) is 17.7 Å². The number of hydrazone groups is 1. The number of nitro groups is 1. The Morgan fingerprint density at radius 1 is 1.52 bits per heavy atom. The maximum Gasteiger partial charge on any atom is 0.291 e. The van der Waals surface area contributed by atoms with Gasteiger partial charge in [0.25, 0.3) is 11.6 Å². The van der Waals surface area contributed by atoms with Crippen LogP contribution >= 0.6 is 11.6 Å². The monoisotopic (exact) mass is 307 g/mol. The van der Waals surface area contributed by atoms with E-state index in [0.717, 1.165) is 5.69 Å². The number of nitro benzene ring substituents is 1. The van der Waals surface area contributed by atoms with Gasteiger partial charge in [0.2, 0.25) is 0 Å². The largest absolute Gasteiger partial charge is 0.291 e. The van der Waals surface area contributed by atoms with Crippen molar-refractivity contribution in [2.24, 2.45) is 5.10 Å². The zero-order valence-corrected chi connectivity index (χ0v) is 11.6. The first kappa shape index (κ1) is 14.7. The summed E-state index contributed by atoms with van der Waals surface area (Å²) >= 11 is 5.69. The smallest absolute Gasteiger partial charge is 0.282 e. The van der Waals surface area contributed by atoms with E-state index in [1.165, 1.54) is 18.3 Å². The average Bonchev–Trinajstić information content (AvgIpc) is 2.87. The number of benzene rings is 1. The Labute approximate surface area is 124 Å². The lowest BCUT2D eigenvalue weighted by molar-refractivity contribution is -0.384. The second-order valence-corrected chi connectivity index (χ2v) is 4.51. The number of amides is 1. The molecule has 108 valence electrons. The Morgan fingerprint density at radius 3 is 2.90 bits per heavy atom. The van der Waals surface area contributed by atoms with Gasteiger partial charge in [0.15, 0.2) is 5.69 Å². The molecule has 0 unspecified atom stereocenters. The third-order valence-corrected chi connectivity index (χ3v) is 2.80. The van der Waals surface area contributed by atoms with E-state index in [4.69, 9.17) is 11.6 Å². The zero-order chi connectivity index (χ0) is 15.4. The topological polar surface area (TPSA) is 113 Å². The van der Waals surface area contributed by atoms with Gasteiger partial charge in [-0.15, -0.1) is 0 Å². The van der Waals surface area contributed by atoms with Crippen LogP contribution < -0.4 is 5.43 Å². The number of aromatic nitrogens is 2. The molecule has 1 aromatic heterocycles. The van der Waals surface area contributed by atoms with Crippen LogP contribution in [0, 0.1) is 17.0 Å². The highest BCUT2D eigenvalue weighted by molar-refractivity contribution is 6.32. The van der Waals surface area contributed by atoms with Gasteiger partial charge in [0.1, 0.15) is 5.02 Å². The van der Waals surface area contributed by atoms with Gasteiger partial charge in [-0.05, 0) is 19.1 Å². The Balaban J connectivity index is 2.06. The second kappa shape index (κ2) is 6.14. The number of aromatic amines is 1. The van der Waals surface area contributed by atoms with Crippen LogP contribution in [0.5, 0.6) is 0 Å². The number of rotatable bonds is 4. The predicted molar refractivity (Wildman–Crippen MR) is 76.5 cm³/mol. The number of carbonyl (C=O) groups is 1. The molecule has 1 heterocycles. The summed E-state index contributed by atoms with van der Waals surface area (Å²) in [5.74, 6) is -0.487. The minimum atomic E-state index is -0.593. The molecule has 0 aliphatic carbocycles. The fourth-order valence-corrected chi connectivity index (χ4v) is 1.69. The number of H-pyrrole nitrogens is 1. The number of hydrogen-bond acceptors (Lipinski definition) is 5. The number of aryl methyl sites for hydroxylation is 1. The van der Waals surface area contributed by atoms with Gasteiger partial charge < -0.3 is 0 Å². The quantitative estimate of drug-likeness (QED) is 0.511. The molecule has 9 heteroatoms. The molecule has 1 amide bonds. The lowest BCUT2D eigenvalue weighted by Gasteiger charge is -1.97. The summed E-state index contributed by atoms with van der Waals surface area (Å²) in [7, 11) is 0. The first-order valence-corrected chi connectivity index (χ1v) is 6.14. The van der Waals surface area contributed by atoms with Crippen LogP contribution in [-0.2, 0) is 0 Å². The predicted octanol–water partition coefficient (Wildman–Crippen LogP) is 2.04. The summed E-state index contributed by atoms with van der Waals surface area (Å²) in [5, 5.41) is 20.9. The SMILES string of the molecule is Cc1cc(C(=O)NN=Cc2ccc(Cl)c([N+](=O)[O-])c2)n[nH]1. The molecule has 0 radical (unpaired) electrons. The van der Waals surface area contributed by atoms with E-state index in [-0.39, 0.29) is 16.4 Å². The van der Waals surface area contributed by atoms with Gasteiger partial charge in [-0.3, -0.25) is 20.0 Å². The van der Waals surface area contributed by atoms with E-state index in [1.54, 1.807) is 19.1 Å². The molecule has 0 aliphatic rings. The van der Waals surface area contributed by atoms with Crippen LogP contribution in [0.15, 0.2) is 29.4 Å². The molecular formula is C12H10ClN5O3. The molecule has 21 heavy (non-hydrogen) atoms. The van der Waals surface area contributed by atoms with Gasteiger partial charge in [0, 0.05) is 17.3 Å². The number of halogens is 1. The maximum atomic E-state index is 11.6. The summed E-state index contributed by atoms with van der Waals surface area (Å²) in [4.78, 5) is 21.8. The molecule has 8 nitrogen and oxygen atoms in total. The van der Waals surface area contributed by atoms with Crippen LogP contribution in [0.2, 0.25) is 5.02 Å². The molecule has 0 saturated carbocycles. The molecule has 2 aromatic rings. The summed E-state index contributed by atoms with van der Waals surface area (Å²) < 4.78 is 0. The Hall–Kier alpha value is -2.74. The number of carbonyl (C=O) groups excluding carboxylic acids is 1. The van der Waals surface area contributed by atoms with Gasteiger partial charge >= 0.3 is 0 Å². The van der Waals surface area contributed by atoms with Crippen LogP contribution in [0.3, 0.4) is 0 Å². The van der Waals surface area contributed by atoms with E-state index in [1.807, 2.05) is 0 Å². The summed E-state index contributed by atoms with van der Waals surface area (Å²) in [6, 6.07) is 5.76. The Kier molecular flexibility index (Phi) is 4.29. The molecule has 0 atom stereocenters. The van der Waals surface area contributed by atoms with Crippen molar-refractivity contribution >= 4 is 29.4 Å². The highest BCUT2D eigenvalue weighted by Crippen LogP contribution is 2.24. The van der Waals surface area contributed by atoms with Crippen molar-refractivity contribution in [2.75, 3.05) is 0 Å². The van der Waals surface area contributed by atoms with Crippen LogP contribution in [-0.4, -0.2) is 27.2 Å². The molecule has 2 N–H and O–H groups in total. The minimum absolute atomic E-state index is 0.0354. The average molecular weight is 308 g/mol. The van der Waals surface area contributed by atoms with Crippen LogP contribution in [0.4, 0.5) is 5.69 Å². The van der Waals surface area contributed by atoms with E-state index in [9.17, 15) is 14.9 Å². The third-order valence-electron chi connectivity index (χ3n) is 2.49. The summed E-state index contributed by atoms with van der Waals surface area (Å²) in [6.45, 7) is 1.76. The molecule has 0 bridgehead atoms. The van der Waals surface area contributed by atoms with Gasteiger partial charge in [-0.25, -0.2) is 5.43 Å². The maximum absolute atomic E-state index is 11.6. The van der Waals surface area contributed by atoms with E-state index >= 15 is 0 Å². The molecule has 0 fully saturated rings. The first-order chi connectivity index (χ1) is 9.97. The van der Waals surface area contributed by atoms with Crippen molar-refractivity contribution in [2.45, 2.75) is 6.92 Å². The molecular weight excluding hydrogens is 298 g/mol. The van der Waals surface area contributed by atoms with Crippen molar-refractivity contribution in [1.29, 1.82) is 0 Å². The Morgan fingerprint density at radius 2 is 2.29 bits per heavy atom. The summed E-state index contributed by atoms with van der Waals surface area (Å²) in [5.41, 5.74) is 3.43. The fraction of sp³-hybridized carbons (Fsp3) is 0.0833. The summed E-state index contributed by atoms with van der Waals surface area (Å²) in [6.07, 6.45) is 1.28. The van der Waals surface area contributed by atoms with Crippen molar-refractivity contribution in [1.82, 2.24) is 15.6 Å². The fourth-order valence-electron chi connectivity index (χ4n) is 1.51. The highest BCUT2D eigenvalue weighted by Gasteiger charge is 2.12. The molecule has 0 spiro atoms. The van der Waals surface area contributed by atoms with Crippen molar-refractivity contribution < 1.29 is 9.72 Å². The van der Waals surface area contributed by atoms with E-state index in [2.05, 4.69) is 20.7 Å². The lowest BCUT2D eigenvalue weighted by atomic mass is 10.2. The molecule has 0 aliphatic heterocycles. The minimum Gasteiger partial charge on any atom is -0.282 e. The van der Waals surface area contributed by atoms with Crippen molar-refractivity contribution in [3.8, 4) is 0 Å². The molecule has 2 rings (SSSR count). The van der Waals surface area contributed by atoms with Crippen LogP contribution in [0.25, 0.3) is 0 Å². The second-order valence-electron chi connectivity index (χ2n) is 4.10. The Bertz CT molecular complexity index is 725. The zero-order valence-electron chi connectivity index (χ0n) is 10.8. The van der Waals surface area contributed by atoms with E-state index < -0.39 is 10.8 Å². The lowest BCUT2D eigenvalue weighted by Crippen LogP contribution is -2.18. The molecule has 1 aromatic carbocycles. The standard InChI is InChI=1S/C12H10ClN5O3/c1-7-4-10(16-15-7)12(19)17-14-6-8-2-3-9(13)11(5-8)18(20)21/h2-6H,1H3,(H,15,16)(H,17,19). The molecule has 0 saturated heterocycles. The number of hydrogen-bond donors (Lipinski definition) is 2.